The van der Waals surface area contributed by atoms with Crippen LogP contribution in [0.4, 0.5) is 0 Å². The first-order chi connectivity index (χ1) is 7.54. The average Bonchev–Trinajstić information content (AvgIpc) is 2.20. The van der Waals surface area contributed by atoms with Gasteiger partial charge in [0.1, 0.15) is 0 Å². The number of phenols is 1. The molecule has 0 fully saturated rings. The summed E-state index contributed by atoms with van der Waals surface area (Å²) >= 11 is 0. The van der Waals surface area contributed by atoms with E-state index in [9.17, 15) is 5.11 Å². The van der Waals surface area contributed by atoms with Crippen molar-refractivity contribution in [1.82, 2.24) is 0 Å². The molecule has 1 aromatic rings. The predicted molar refractivity (Wildman–Crippen MR) is 65.6 cm³/mol. The van der Waals surface area contributed by atoms with Crippen LogP contribution >= 0.6 is 0 Å². The standard InChI is InChI=1S/C13H19NO2/c1-4-16-13-8-10(5-6-12(13)15)11(14)7-9(2)3/h5-6,8,11,15H,2,4,7,14H2,1,3H3/t11-/m1/s1. The fourth-order valence-corrected chi connectivity index (χ4v) is 1.53. The number of nitrogens with two attached hydrogens (primary N) is 1. The van der Waals surface area contributed by atoms with Crippen LogP contribution in [0.25, 0.3) is 0 Å². The van der Waals surface area contributed by atoms with Gasteiger partial charge in [-0.25, -0.2) is 0 Å². The number of benzene rings is 1. The Hall–Kier alpha value is -1.48. The van der Waals surface area contributed by atoms with Crippen LogP contribution in [0.2, 0.25) is 0 Å². The lowest BCUT2D eigenvalue weighted by Gasteiger charge is -2.14. The molecular weight excluding hydrogens is 202 g/mol. The molecule has 0 aromatic heterocycles. The molecule has 1 atom stereocenters. The number of phenolic OH excluding ortho intramolecular Hbond substituents is 1. The van der Waals surface area contributed by atoms with E-state index in [0.717, 1.165) is 17.6 Å². The Morgan fingerprint density at radius 2 is 2.25 bits per heavy atom. The summed E-state index contributed by atoms with van der Waals surface area (Å²) in [6.45, 7) is 8.18. The van der Waals surface area contributed by atoms with E-state index < -0.39 is 0 Å². The molecule has 0 radical (unpaired) electrons. The molecule has 3 nitrogen and oxygen atoms in total. The van der Waals surface area contributed by atoms with Gasteiger partial charge < -0.3 is 15.6 Å². The molecule has 0 aliphatic carbocycles. The Morgan fingerprint density at radius 1 is 1.56 bits per heavy atom. The van der Waals surface area contributed by atoms with Crippen molar-refractivity contribution in [2.24, 2.45) is 5.73 Å². The minimum absolute atomic E-state index is 0.0997. The molecule has 3 N–H and O–H groups in total. The van der Waals surface area contributed by atoms with Gasteiger partial charge in [-0.15, -0.1) is 6.58 Å². The topological polar surface area (TPSA) is 55.5 Å². The number of hydrogen-bond donors (Lipinski definition) is 2. The lowest BCUT2D eigenvalue weighted by molar-refractivity contribution is 0.317. The third-order valence-electron chi connectivity index (χ3n) is 2.28. The molecule has 0 amide bonds. The van der Waals surface area contributed by atoms with Crippen molar-refractivity contribution in [3.05, 3.63) is 35.9 Å². The lowest BCUT2D eigenvalue weighted by Crippen LogP contribution is -2.10. The summed E-state index contributed by atoms with van der Waals surface area (Å²) in [5.74, 6) is 0.630. The van der Waals surface area contributed by atoms with E-state index >= 15 is 0 Å². The van der Waals surface area contributed by atoms with Gasteiger partial charge in [0.25, 0.3) is 0 Å². The van der Waals surface area contributed by atoms with Crippen LogP contribution in [0.5, 0.6) is 11.5 Å². The number of ether oxygens (including phenoxy) is 1. The summed E-state index contributed by atoms with van der Waals surface area (Å²) in [7, 11) is 0. The van der Waals surface area contributed by atoms with Crippen LogP contribution in [0, 0.1) is 0 Å². The first-order valence-corrected chi connectivity index (χ1v) is 5.40. The van der Waals surface area contributed by atoms with E-state index in [0.29, 0.717) is 12.4 Å². The average molecular weight is 221 g/mol. The molecule has 0 bridgehead atoms. The van der Waals surface area contributed by atoms with Crippen LogP contribution in [-0.2, 0) is 0 Å². The van der Waals surface area contributed by atoms with E-state index in [4.69, 9.17) is 10.5 Å². The maximum absolute atomic E-state index is 9.55. The molecule has 0 saturated carbocycles. The van der Waals surface area contributed by atoms with Gasteiger partial charge in [0.15, 0.2) is 11.5 Å². The van der Waals surface area contributed by atoms with Gasteiger partial charge in [0, 0.05) is 6.04 Å². The smallest absolute Gasteiger partial charge is 0.161 e. The molecule has 0 aliphatic heterocycles. The Bertz CT molecular complexity index is 374. The highest BCUT2D eigenvalue weighted by atomic mass is 16.5. The Kier molecular flexibility index (Phi) is 4.38. The summed E-state index contributed by atoms with van der Waals surface area (Å²) in [5, 5.41) is 9.55. The van der Waals surface area contributed by atoms with E-state index in [-0.39, 0.29) is 11.8 Å². The zero-order valence-corrected chi connectivity index (χ0v) is 9.86. The molecule has 0 unspecified atom stereocenters. The van der Waals surface area contributed by atoms with Crippen molar-refractivity contribution in [3.63, 3.8) is 0 Å². The van der Waals surface area contributed by atoms with Crippen LogP contribution < -0.4 is 10.5 Å². The van der Waals surface area contributed by atoms with Gasteiger partial charge in [-0.3, -0.25) is 0 Å². The highest BCUT2D eigenvalue weighted by Crippen LogP contribution is 2.30. The maximum Gasteiger partial charge on any atom is 0.161 e. The molecular formula is C13H19NO2. The van der Waals surface area contributed by atoms with Crippen molar-refractivity contribution in [1.29, 1.82) is 0 Å². The van der Waals surface area contributed by atoms with Crippen LogP contribution in [-0.4, -0.2) is 11.7 Å². The normalized spacial score (nSPS) is 12.2. The van der Waals surface area contributed by atoms with Crippen LogP contribution in [0.3, 0.4) is 0 Å². The fourth-order valence-electron chi connectivity index (χ4n) is 1.53. The highest BCUT2D eigenvalue weighted by Gasteiger charge is 2.09. The molecule has 3 heteroatoms. The fraction of sp³-hybridized carbons (Fsp3) is 0.385. The quantitative estimate of drug-likeness (QED) is 0.752. The van der Waals surface area contributed by atoms with Gasteiger partial charge in [-0.2, -0.15) is 0 Å². The Labute approximate surface area is 96.5 Å². The Balaban J connectivity index is 2.88. The second kappa shape index (κ2) is 5.56. The molecule has 0 saturated heterocycles. The summed E-state index contributed by atoms with van der Waals surface area (Å²) < 4.78 is 5.30. The summed E-state index contributed by atoms with van der Waals surface area (Å²) in [6.07, 6.45) is 0.732. The van der Waals surface area contributed by atoms with E-state index in [1.54, 1.807) is 12.1 Å². The second-order valence-electron chi connectivity index (χ2n) is 3.93. The maximum atomic E-state index is 9.55. The SMILES string of the molecule is C=C(C)C[C@@H](N)c1ccc(O)c(OCC)c1. The minimum Gasteiger partial charge on any atom is -0.504 e. The first-order valence-electron chi connectivity index (χ1n) is 5.40. The van der Waals surface area contributed by atoms with Gasteiger partial charge in [0.05, 0.1) is 6.61 Å². The molecule has 88 valence electrons. The van der Waals surface area contributed by atoms with Crippen molar-refractivity contribution in [3.8, 4) is 11.5 Å². The van der Waals surface area contributed by atoms with E-state index in [2.05, 4.69) is 6.58 Å². The predicted octanol–water partition coefficient (Wildman–Crippen LogP) is 2.76. The number of hydrogen-bond acceptors (Lipinski definition) is 3. The second-order valence-corrected chi connectivity index (χ2v) is 3.93. The number of aromatic hydroxyl groups is 1. The molecule has 1 rings (SSSR count). The molecule has 16 heavy (non-hydrogen) atoms. The van der Waals surface area contributed by atoms with Crippen molar-refractivity contribution >= 4 is 0 Å². The summed E-state index contributed by atoms with van der Waals surface area (Å²) in [6, 6.07) is 5.11. The molecule has 0 aliphatic rings. The molecule has 0 spiro atoms. The third-order valence-corrected chi connectivity index (χ3v) is 2.28. The third kappa shape index (κ3) is 3.28. The first kappa shape index (κ1) is 12.6. The van der Waals surface area contributed by atoms with Crippen molar-refractivity contribution < 1.29 is 9.84 Å². The molecule has 1 aromatic carbocycles. The van der Waals surface area contributed by atoms with E-state index in [1.165, 1.54) is 0 Å². The van der Waals surface area contributed by atoms with Crippen LogP contribution in [0.15, 0.2) is 30.4 Å². The highest BCUT2D eigenvalue weighted by molar-refractivity contribution is 5.42. The van der Waals surface area contributed by atoms with Crippen LogP contribution in [0.1, 0.15) is 31.9 Å². The largest absolute Gasteiger partial charge is 0.504 e. The summed E-state index contributed by atoms with van der Waals surface area (Å²) in [5.41, 5.74) is 8.00. The van der Waals surface area contributed by atoms with Crippen molar-refractivity contribution in [2.75, 3.05) is 6.61 Å². The zero-order valence-electron chi connectivity index (χ0n) is 9.86. The summed E-state index contributed by atoms with van der Waals surface area (Å²) in [4.78, 5) is 0. The Morgan fingerprint density at radius 3 is 2.81 bits per heavy atom. The molecule has 0 heterocycles. The number of rotatable bonds is 5. The van der Waals surface area contributed by atoms with Crippen molar-refractivity contribution in [2.45, 2.75) is 26.3 Å². The van der Waals surface area contributed by atoms with Gasteiger partial charge in [-0.1, -0.05) is 11.6 Å². The monoisotopic (exact) mass is 221 g/mol. The van der Waals surface area contributed by atoms with E-state index in [1.807, 2.05) is 19.9 Å². The minimum atomic E-state index is -0.0997. The van der Waals surface area contributed by atoms with Gasteiger partial charge in [0.2, 0.25) is 0 Å². The van der Waals surface area contributed by atoms with Gasteiger partial charge >= 0.3 is 0 Å². The lowest BCUT2D eigenvalue weighted by atomic mass is 10.0. The van der Waals surface area contributed by atoms with Gasteiger partial charge in [-0.05, 0) is 38.0 Å². The zero-order chi connectivity index (χ0) is 12.1.